The second-order valence-electron chi connectivity index (χ2n) is 5.63. The number of benzene rings is 2. The first-order valence-electron chi connectivity index (χ1n) is 7.46. The Hall–Kier alpha value is -1.57. The summed E-state index contributed by atoms with van der Waals surface area (Å²) in [5, 5.41) is 0. The van der Waals surface area contributed by atoms with Crippen molar-refractivity contribution in [3.8, 4) is 11.5 Å². The van der Waals surface area contributed by atoms with E-state index in [9.17, 15) is 0 Å². The molecule has 3 nitrogen and oxygen atoms in total. The van der Waals surface area contributed by atoms with E-state index < -0.39 is 8.60 Å². The Bertz CT molecular complexity index is 551. The van der Waals surface area contributed by atoms with Gasteiger partial charge in [-0.25, -0.2) is 0 Å². The predicted molar refractivity (Wildman–Crippen MR) is 91.3 cm³/mol. The number of aryl methyl sites for hydroxylation is 2. The van der Waals surface area contributed by atoms with Gasteiger partial charge >= 0.3 is 8.60 Å². The minimum atomic E-state index is -1.48. The van der Waals surface area contributed by atoms with Gasteiger partial charge in [-0.15, -0.1) is 0 Å². The monoisotopic (exact) mass is 318 g/mol. The van der Waals surface area contributed by atoms with Crippen molar-refractivity contribution in [3.63, 3.8) is 0 Å². The molecule has 0 spiro atoms. The lowest BCUT2D eigenvalue weighted by Crippen LogP contribution is -2.06. The molecule has 0 atom stereocenters. The highest BCUT2D eigenvalue weighted by Crippen LogP contribution is 2.43. The third-order valence-electron chi connectivity index (χ3n) is 3.05. The molecule has 22 heavy (non-hydrogen) atoms. The summed E-state index contributed by atoms with van der Waals surface area (Å²) < 4.78 is 17.8. The molecule has 0 N–H and O–H groups in total. The largest absolute Gasteiger partial charge is 0.463 e. The zero-order chi connectivity index (χ0) is 15.9. The Morgan fingerprint density at radius 3 is 1.68 bits per heavy atom. The highest BCUT2D eigenvalue weighted by Gasteiger charge is 2.19. The van der Waals surface area contributed by atoms with E-state index in [0.717, 1.165) is 22.6 Å². The second kappa shape index (κ2) is 8.17. The van der Waals surface area contributed by atoms with Gasteiger partial charge in [-0.1, -0.05) is 50.2 Å². The number of hydrogen-bond acceptors (Lipinski definition) is 3. The van der Waals surface area contributed by atoms with Crippen molar-refractivity contribution in [2.75, 3.05) is 6.61 Å². The summed E-state index contributed by atoms with van der Waals surface area (Å²) in [7, 11) is -1.48. The van der Waals surface area contributed by atoms with Gasteiger partial charge in [-0.05, 0) is 43.0 Å². The number of hydrogen-bond donors (Lipinski definition) is 0. The van der Waals surface area contributed by atoms with Crippen LogP contribution in [0.4, 0.5) is 0 Å². The predicted octanol–water partition coefficient (Wildman–Crippen LogP) is 5.66. The average molecular weight is 318 g/mol. The molecular formula is C18H23O3P. The average Bonchev–Trinajstić information content (AvgIpc) is 2.49. The van der Waals surface area contributed by atoms with Crippen molar-refractivity contribution < 1.29 is 13.6 Å². The third-order valence-corrected chi connectivity index (χ3v) is 4.10. The van der Waals surface area contributed by atoms with E-state index >= 15 is 0 Å². The molecule has 2 rings (SSSR count). The molecule has 0 amide bonds. The summed E-state index contributed by atoms with van der Waals surface area (Å²) in [6, 6.07) is 15.8. The number of rotatable bonds is 7. The van der Waals surface area contributed by atoms with Gasteiger partial charge in [0.25, 0.3) is 0 Å². The number of para-hydroxylation sites is 2. The maximum atomic E-state index is 5.97. The van der Waals surface area contributed by atoms with Gasteiger partial charge in [0.15, 0.2) is 0 Å². The van der Waals surface area contributed by atoms with E-state index in [0.29, 0.717) is 12.5 Å². The molecule has 0 aliphatic rings. The SMILES string of the molecule is Cc1ccccc1OP(OCC(C)C)Oc1ccccc1C. The van der Waals surface area contributed by atoms with Gasteiger partial charge < -0.3 is 9.05 Å². The fourth-order valence-electron chi connectivity index (χ4n) is 1.76. The molecule has 0 unspecified atom stereocenters. The first kappa shape index (κ1) is 16.8. The third kappa shape index (κ3) is 5.01. The van der Waals surface area contributed by atoms with Gasteiger partial charge in [0.2, 0.25) is 0 Å². The molecule has 0 aliphatic heterocycles. The Labute approximate surface area is 134 Å². The normalized spacial score (nSPS) is 11.0. The lowest BCUT2D eigenvalue weighted by molar-refractivity contribution is 0.234. The highest BCUT2D eigenvalue weighted by molar-refractivity contribution is 7.42. The first-order valence-corrected chi connectivity index (χ1v) is 8.56. The van der Waals surface area contributed by atoms with Crippen LogP contribution in [0.25, 0.3) is 0 Å². The van der Waals surface area contributed by atoms with Crippen LogP contribution in [-0.2, 0) is 4.52 Å². The highest BCUT2D eigenvalue weighted by atomic mass is 31.2. The zero-order valence-electron chi connectivity index (χ0n) is 13.6. The molecule has 0 saturated carbocycles. The zero-order valence-corrected chi connectivity index (χ0v) is 14.5. The van der Waals surface area contributed by atoms with Gasteiger partial charge in [0, 0.05) is 0 Å². The molecule has 0 fully saturated rings. The van der Waals surface area contributed by atoms with Crippen LogP contribution in [0.1, 0.15) is 25.0 Å². The molecule has 2 aromatic carbocycles. The van der Waals surface area contributed by atoms with E-state index in [1.54, 1.807) is 0 Å². The second-order valence-corrected chi connectivity index (χ2v) is 6.70. The summed E-state index contributed by atoms with van der Waals surface area (Å²) in [5.74, 6) is 2.02. The molecule has 0 aliphatic carbocycles. The smallest absolute Gasteiger partial charge is 0.417 e. The van der Waals surface area contributed by atoms with Crippen molar-refractivity contribution in [2.45, 2.75) is 27.7 Å². The molecular weight excluding hydrogens is 295 g/mol. The minimum Gasteiger partial charge on any atom is -0.417 e. The van der Waals surface area contributed by atoms with Gasteiger partial charge in [0.1, 0.15) is 11.5 Å². The van der Waals surface area contributed by atoms with Gasteiger partial charge in [-0.2, -0.15) is 0 Å². The summed E-state index contributed by atoms with van der Waals surface area (Å²) in [5.41, 5.74) is 2.13. The standard InChI is InChI=1S/C18H23O3P/c1-14(2)13-19-22(20-17-11-7-5-9-15(17)3)21-18-12-8-6-10-16(18)4/h5-12,14H,13H2,1-4H3. The lowest BCUT2D eigenvalue weighted by Gasteiger charge is -2.20. The summed E-state index contributed by atoms with van der Waals surface area (Å²) in [6.45, 7) is 8.84. The van der Waals surface area contributed by atoms with E-state index in [-0.39, 0.29) is 0 Å². The molecule has 118 valence electrons. The first-order chi connectivity index (χ1) is 10.6. The maximum absolute atomic E-state index is 5.97. The Kier molecular flexibility index (Phi) is 6.23. The molecule has 4 heteroatoms. The van der Waals surface area contributed by atoms with Crippen LogP contribution in [0.3, 0.4) is 0 Å². The van der Waals surface area contributed by atoms with Gasteiger partial charge in [0.05, 0.1) is 6.61 Å². The van der Waals surface area contributed by atoms with E-state index in [2.05, 4.69) is 13.8 Å². The maximum Gasteiger partial charge on any atom is 0.463 e. The van der Waals surface area contributed by atoms with Crippen LogP contribution >= 0.6 is 8.60 Å². The van der Waals surface area contributed by atoms with Crippen molar-refractivity contribution in [3.05, 3.63) is 59.7 Å². The molecule has 0 aromatic heterocycles. The van der Waals surface area contributed by atoms with Crippen LogP contribution in [0.15, 0.2) is 48.5 Å². The van der Waals surface area contributed by atoms with Crippen LogP contribution in [-0.4, -0.2) is 6.61 Å². The quantitative estimate of drug-likeness (QED) is 0.616. The van der Waals surface area contributed by atoms with Crippen molar-refractivity contribution in [2.24, 2.45) is 5.92 Å². The van der Waals surface area contributed by atoms with Crippen LogP contribution in [0.2, 0.25) is 0 Å². The van der Waals surface area contributed by atoms with E-state index in [1.807, 2.05) is 62.4 Å². The minimum absolute atomic E-state index is 0.422. The molecule has 0 heterocycles. The van der Waals surface area contributed by atoms with Crippen molar-refractivity contribution in [1.82, 2.24) is 0 Å². The van der Waals surface area contributed by atoms with Crippen LogP contribution < -0.4 is 9.05 Å². The van der Waals surface area contributed by atoms with E-state index in [4.69, 9.17) is 13.6 Å². The van der Waals surface area contributed by atoms with Crippen molar-refractivity contribution in [1.29, 1.82) is 0 Å². The molecule has 0 saturated heterocycles. The Morgan fingerprint density at radius 1 is 0.818 bits per heavy atom. The summed E-state index contributed by atoms with van der Waals surface area (Å²) in [6.07, 6.45) is 0. The molecule has 0 bridgehead atoms. The van der Waals surface area contributed by atoms with Crippen LogP contribution in [0.5, 0.6) is 11.5 Å². The van der Waals surface area contributed by atoms with E-state index in [1.165, 1.54) is 0 Å². The fraction of sp³-hybridized carbons (Fsp3) is 0.333. The fourth-order valence-corrected chi connectivity index (χ4v) is 3.05. The van der Waals surface area contributed by atoms with Gasteiger partial charge in [-0.3, -0.25) is 4.52 Å². The topological polar surface area (TPSA) is 27.7 Å². The van der Waals surface area contributed by atoms with Crippen LogP contribution in [0, 0.1) is 19.8 Å². The summed E-state index contributed by atoms with van der Waals surface area (Å²) in [4.78, 5) is 0. The Morgan fingerprint density at radius 2 is 1.27 bits per heavy atom. The summed E-state index contributed by atoms with van der Waals surface area (Å²) >= 11 is 0. The van der Waals surface area contributed by atoms with Crippen molar-refractivity contribution >= 4 is 8.60 Å². The lowest BCUT2D eigenvalue weighted by atomic mass is 10.2. The molecule has 2 aromatic rings. The Balaban J connectivity index is 2.12. The molecule has 0 radical (unpaired) electrons.